The van der Waals surface area contributed by atoms with E-state index in [4.69, 9.17) is 11.6 Å². The van der Waals surface area contributed by atoms with Crippen LogP contribution in [0.4, 0.5) is 4.39 Å². The van der Waals surface area contributed by atoms with Crippen molar-refractivity contribution in [2.24, 2.45) is 0 Å². The molecule has 7 heteroatoms. The lowest BCUT2D eigenvalue weighted by Crippen LogP contribution is -2.52. The number of rotatable bonds is 3. The molecule has 0 aliphatic carbocycles. The number of hydrogen-bond donors (Lipinski definition) is 0. The third-order valence-corrected chi connectivity index (χ3v) is 5.12. The van der Waals surface area contributed by atoms with E-state index < -0.39 is 5.82 Å². The molecule has 0 radical (unpaired) electrons. The molecule has 0 spiro atoms. The molecule has 1 aromatic carbocycles. The molecular weight excluding hydrogens is 345 g/mol. The molecule has 2 aliphatic rings. The van der Waals surface area contributed by atoms with Crippen LogP contribution in [0.3, 0.4) is 0 Å². The van der Waals surface area contributed by atoms with Gasteiger partial charge in [0.1, 0.15) is 5.82 Å². The van der Waals surface area contributed by atoms with Crippen molar-refractivity contribution in [3.63, 3.8) is 0 Å². The minimum Gasteiger partial charge on any atom is -0.342 e. The number of benzene rings is 1. The summed E-state index contributed by atoms with van der Waals surface area (Å²) in [7, 11) is 0. The second-order valence-corrected chi connectivity index (χ2v) is 7.07. The Morgan fingerprint density at radius 2 is 1.64 bits per heavy atom. The number of halogens is 2. The van der Waals surface area contributed by atoms with E-state index in [0.717, 1.165) is 32.0 Å². The first-order valence-corrected chi connectivity index (χ1v) is 9.17. The maximum Gasteiger partial charge on any atom is 0.256 e. The summed E-state index contributed by atoms with van der Waals surface area (Å²) < 4.78 is 13.9. The zero-order valence-electron chi connectivity index (χ0n) is 14.2. The van der Waals surface area contributed by atoms with Crippen LogP contribution in [0.15, 0.2) is 18.2 Å². The zero-order chi connectivity index (χ0) is 17.8. The Bertz CT molecular complexity index is 641. The van der Waals surface area contributed by atoms with Gasteiger partial charge in [0.05, 0.1) is 12.1 Å². The second-order valence-electron chi connectivity index (χ2n) is 6.63. The van der Waals surface area contributed by atoms with Gasteiger partial charge in [-0.1, -0.05) is 11.6 Å². The highest BCUT2D eigenvalue weighted by atomic mass is 35.5. The summed E-state index contributed by atoms with van der Waals surface area (Å²) in [4.78, 5) is 30.4. The molecule has 2 amide bonds. The molecule has 25 heavy (non-hydrogen) atoms. The Hall–Kier alpha value is -1.66. The second kappa shape index (κ2) is 8.15. The van der Waals surface area contributed by atoms with Gasteiger partial charge in [-0.05, 0) is 37.5 Å². The smallest absolute Gasteiger partial charge is 0.256 e. The van der Waals surface area contributed by atoms with Gasteiger partial charge in [0.25, 0.3) is 5.91 Å². The fourth-order valence-electron chi connectivity index (χ4n) is 3.38. The number of hydrogen-bond acceptors (Lipinski definition) is 3. The molecule has 0 atom stereocenters. The molecular formula is C18H23ClFN3O2. The Morgan fingerprint density at radius 3 is 2.28 bits per heavy atom. The molecule has 0 aromatic heterocycles. The number of likely N-dealkylation sites (tertiary alicyclic amines) is 1. The Morgan fingerprint density at radius 1 is 0.960 bits per heavy atom. The quantitative estimate of drug-likeness (QED) is 0.823. The van der Waals surface area contributed by atoms with Crippen LogP contribution >= 0.6 is 11.6 Å². The topological polar surface area (TPSA) is 43.9 Å². The first-order chi connectivity index (χ1) is 12.0. The van der Waals surface area contributed by atoms with Gasteiger partial charge in [0.15, 0.2) is 0 Å². The SMILES string of the molecule is O=C(CN1CCN(C(=O)c2ccc(Cl)cc2F)CC1)N1CCCCC1. The van der Waals surface area contributed by atoms with E-state index in [1.807, 2.05) is 4.90 Å². The van der Waals surface area contributed by atoms with Crippen molar-refractivity contribution in [2.45, 2.75) is 19.3 Å². The summed E-state index contributed by atoms with van der Waals surface area (Å²) in [5, 5.41) is 0.273. The molecule has 2 saturated heterocycles. The summed E-state index contributed by atoms with van der Waals surface area (Å²) in [6.07, 6.45) is 3.37. The standard InChI is InChI=1S/C18H23ClFN3O2/c19-14-4-5-15(16(20)12-14)18(25)23-10-8-21(9-11-23)13-17(24)22-6-2-1-3-7-22/h4-5,12H,1-3,6-11,13H2. The first kappa shape index (κ1) is 18.1. The fraction of sp³-hybridized carbons (Fsp3) is 0.556. The van der Waals surface area contributed by atoms with Crippen LogP contribution in [0, 0.1) is 5.82 Å². The van der Waals surface area contributed by atoms with Gasteiger partial charge in [-0.2, -0.15) is 0 Å². The lowest BCUT2D eigenvalue weighted by atomic mass is 10.1. The fourth-order valence-corrected chi connectivity index (χ4v) is 3.54. The molecule has 2 aliphatic heterocycles. The van der Waals surface area contributed by atoms with Crippen LogP contribution in [-0.4, -0.2) is 72.3 Å². The Balaban J connectivity index is 1.51. The Labute approximate surface area is 152 Å². The summed E-state index contributed by atoms with van der Waals surface area (Å²) in [6.45, 7) is 4.35. The first-order valence-electron chi connectivity index (χ1n) is 8.79. The monoisotopic (exact) mass is 367 g/mol. The molecule has 0 bridgehead atoms. The Kier molecular flexibility index (Phi) is 5.91. The predicted octanol–water partition coefficient (Wildman–Crippen LogP) is 2.25. The van der Waals surface area contributed by atoms with Gasteiger partial charge in [-0.15, -0.1) is 0 Å². The van der Waals surface area contributed by atoms with Crippen molar-refractivity contribution < 1.29 is 14.0 Å². The third-order valence-electron chi connectivity index (χ3n) is 4.89. The highest BCUT2D eigenvalue weighted by Crippen LogP contribution is 2.17. The molecule has 2 heterocycles. The molecule has 5 nitrogen and oxygen atoms in total. The number of amides is 2. The van der Waals surface area contributed by atoms with Crippen LogP contribution in [-0.2, 0) is 4.79 Å². The highest BCUT2D eigenvalue weighted by molar-refractivity contribution is 6.30. The molecule has 0 saturated carbocycles. The zero-order valence-corrected chi connectivity index (χ0v) is 15.0. The molecule has 2 fully saturated rings. The molecule has 3 rings (SSSR count). The van der Waals surface area contributed by atoms with Gasteiger partial charge in [-0.25, -0.2) is 4.39 Å². The number of carbonyl (C=O) groups is 2. The maximum atomic E-state index is 13.9. The van der Waals surface area contributed by atoms with E-state index in [2.05, 4.69) is 4.90 Å². The lowest BCUT2D eigenvalue weighted by molar-refractivity contribution is -0.133. The van der Waals surface area contributed by atoms with Crippen LogP contribution in [0.2, 0.25) is 5.02 Å². The predicted molar refractivity (Wildman–Crippen MR) is 94.2 cm³/mol. The van der Waals surface area contributed by atoms with Crippen LogP contribution in [0.25, 0.3) is 0 Å². The van der Waals surface area contributed by atoms with Crippen molar-refractivity contribution in [1.29, 1.82) is 0 Å². The van der Waals surface area contributed by atoms with Gasteiger partial charge in [0, 0.05) is 44.3 Å². The van der Waals surface area contributed by atoms with Gasteiger partial charge < -0.3 is 9.80 Å². The average Bonchev–Trinajstić information content (AvgIpc) is 2.62. The highest BCUT2D eigenvalue weighted by Gasteiger charge is 2.26. The third kappa shape index (κ3) is 4.50. The molecule has 1 aromatic rings. The van der Waals surface area contributed by atoms with Crippen LogP contribution in [0.1, 0.15) is 29.6 Å². The van der Waals surface area contributed by atoms with Crippen molar-refractivity contribution in [3.05, 3.63) is 34.6 Å². The molecule has 0 N–H and O–H groups in total. The normalized spacial score (nSPS) is 19.1. The average molecular weight is 368 g/mol. The number of piperidine rings is 1. The van der Waals surface area contributed by atoms with Crippen LogP contribution < -0.4 is 0 Å². The largest absolute Gasteiger partial charge is 0.342 e. The summed E-state index contributed by atoms with van der Waals surface area (Å²) >= 11 is 5.73. The van der Waals surface area contributed by atoms with Gasteiger partial charge in [-0.3, -0.25) is 14.5 Å². The van der Waals surface area contributed by atoms with E-state index in [1.165, 1.54) is 18.6 Å². The van der Waals surface area contributed by atoms with E-state index in [1.54, 1.807) is 4.90 Å². The lowest BCUT2D eigenvalue weighted by Gasteiger charge is -2.36. The molecule has 0 unspecified atom stereocenters. The van der Waals surface area contributed by atoms with E-state index in [9.17, 15) is 14.0 Å². The van der Waals surface area contributed by atoms with Gasteiger partial charge >= 0.3 is 0 Å². The number of piperazine rings is 1. The van der Waals surface area contributed by atoms with E-state index in [0.29, 0.717) is 32.7 Å². The van der Waals surface area contributed by atoms with Crippen LogP contribution in [0.5, 0.6) is 0 Å². The number of carbonyl (C=O) groups excluding carboxylic acids is 2. The van der Waals surface area contributed by atoms with Gasteiger partial charge in [0.2, 0.25) is 5.91 Å². The van der Waals surface area contributed by atoms with Crippen molar-refractivity contribution >= 4 is 23.4 Å². The van der Waals surface area contributed by atoms with E-state index >= 15 is 0 Å². The minimum atomic E-state index is -0.597. The summed E-state index contributed by atoms with van der Waals surface area (Å²) in [6, 6.07) is 4.10. The molecule has 136 valence electrons. The summed E-state index contributed by atoms with van der Waals surface area (Å²) in [5.74, 6) is -0.750. The van der Waals surface area contributed by atoms with Crippen molar-refractivity contribution in [1.82, 2.24) is 14.7 Å². The minimum absolute atomic E-state index is 0.0437. The van der Waals surface area contributed by atoms with Crippen molar-refractivity contribution in [2.75, 3.05) is 45.8 Å². The van der Waals surface area contributed by atoms with Crippen molar-refractivity contribution in [3.8, 4) is 0 Å². The van der Waals surface area contributed by atoms with E-state index in [-0.39, 0.29) is 22.4 Å². The summed E-state index contributed by atoms with van der Waals surface area (Å²) in [5.41, 5.74) is 0.0437. The maximum absolute atomic E-state index is 13.9. The number of nitrogens with zero attached hydrogens (tertiary/aromatic N) is 3.